The van der Waals surface area contributed by atoms with Crippen molar-refractivity contribution < 1.29 is 8.42 Å². The highest BCUT2D eigenvalue weighted by Crippen LogP contribution is 2.24. The number of hydrogen-bond acceptors (Lipinski definition) is 4. The molecule has 0 amide bonds. The van der Waals surface area contributed by atoms with E-state index < -0.39 is 10.0 Å². The minimum absolute atomic E-state index is 0.117. The number of primary sulfonamides is 1. The molecule has 0 unspecified atom stereocenters. The monoisotopic (exact) mass is 291 g/mol. The molecule has 6 heteroatoms. The predicted molar refractivity (Wildman–Crippen MR) is 80.8 cm³/mol. The zero-order chi connectivity index (χ0) is 14.8. The first kappa shape index (κ1) is 14.4. The second-order valence-corrected chi connectivity index (χ2v) is 6.14. The van der Waals surface area contributed by atoms with Crippen molar-refractivity contribution in [1.29, 1.82) is 0 Å². The largest absolute Gasteiger partial charge is 0.399 e. The van der Waals surface area contributed by atoms with Crippen molar-refractivity contribution in [2.75, 3.05) is 17.7 Å². The third-order valence-electron chi connectivity index (χ3n) is 2.95. The van der Waals surface area contributed by atoms with Crippen LogP contribution in [0.2, 0.25) is 0 Å². The Bertz CT molecular complexity index is 714. The van der Waals surface area contributed by atoms with Gasteiger partial charge in [-0.2, -0.15) is 0 Å². The standard InChI is InChI=1S/C14H17N3O2S/c1-17(10-11-5-4-6-12(15)9-11)13-7-2-3-8-14(13)20(16,18)19/h2-9H,10,15H2,1H3,(H2,16,18,19). The molecule has 2 aromatic rings. The first-order chi connectivity index (χ1) is 9.38. The SMILES string of the molecule is CN(Cc1cccc(N)c1)c1ccccc1S(N)(=O)=O. The Hall–Kier alpha value is -2.05. The molecular weight excluding hydrogens is 274 g/mol. The fourth-order valence-corrected chi connectivity index (χ4v) is 2.85. The van der Waals surface area contributed by atoms with Crippen molar-refractivity contribution >= 4 is 21.4 Å². The van der Waals surface area contributed by atoms with Gasteiger partial charge in [0.15, 0.2) is 0 Å². The summed E-state index contributed by atoms with van der Waals surface area (Å²) in [4.78, 5) is 1.94. The summed E-state index contributed by atoms with van der Waals surface area (Å²) in [6, 6.07) is 14.1. The van der Waals surface area contributed by atoms with E-state index in [1.54, 1.807) is 18.2 Å². The lowest BCUT2D eigenvalue weighted by Gasteiger charge is -2.21. The maximum atomic E-state index is 11.6. The van der Waals surface area contributed by atoms with E-state index in [-0.39, 0.29) is 4.90 Å². The molecule has 2 aromatic carbocycles. The van der Waals surface area contributed by atoms with Gasteiger partial charge in [0.05, 0.1) is 5.69 Å². The minimum Gasteiger partial charge on any atom is -0.399 e. The third kappa shape index (κ3) is 3.28. The van der Waals surface area contributed by atoms with E-state index in [0.717, 1.165) is 5.56 Å². The number of nitrogens with zero attached hydrogens (tertiary/aromatic N) is 1. The molecule has 0 spiro atoms. The maximum absolute atomic E-state index is 11.6. The molecule has 0 radical (unpaired) electrons. The van der Waals surface area contributed by atoms with Crippen molar-refractivity contribution in [1.82, 2.24) is 0 Å². The van der Waals surface area contributed by atoms with Crippen LogP contribution in [0.1, 0.15) is 5.56 Å². The Balaban J connectivity index is 2.33. The molecule has 106 valence electrons. The predicted octanol–water partition coefficient (Wildman–Crippen LogP) is 1.55. The average Bonchev–Trinajstić information content (AvgIpc) is 2.37. The molecule has 0 saturated carbocycles. The first-order valence-electron chi connectivity index (χ1n) is 6.05. The molecule has 20 heavy (non-hydrogen) atoms. The molecule has 2 rings (SSSR count). The number of hydrogen-bond donors (Lipinski definition) is 2. The Kier molecular flexibility index (Phi) is 3.96. The summed E-state index contributed by atoms with van der Waals surface area (Å²) in [5, 5.41) is 5.24. The first-order valence-corrected chi connectivity index (χ1v) is 7.60. The average molecular weight is 291 g/mol. The molecule has 0 atom stereocenters. The molecule has 0 aliphatic carbocycles. The van der Waals surface area contributed by atoms with E-state index in [4.69, 9.17) is 10.9 Å². The molecule has 0 aliphatic heterocycles. The van der Waals surface area contributed by atoms with Gasteiger partial charge in [-0.15, -0.1) is 0 Å². The zero-order valence-corrected chi connectivity index (χ0v) is 12.0. The second kappa shape index (κ2) is 5.52. The normalized spacial score (nSPS) is 11.3. The lowest BCUT2D eigenvalue weighted by Crippen LogP contribution is -2.21. The number of benzene rings is 2. The number of nitrogen functional groups attached to an aromatic ring is 1. The van der Waals surface area contributed by atoms with Crippen molar-refractivity contribution in [2.45, 2.75) is 11.4 Å². The Morgan fingerprint density at radius 2 is 1.80 bits per heavy atom. The van der Waals surface area contributed by atoms with Crippen LogP contribution in [-0.2, 0) is 16.6 Å². The van der Waals surface area contributed by atoms with Gasteiger partial charge < -0.3 is 10.6 Å². The van der Waals surface area contributed by atoms with Gasteiger partial charge >= 0.3 is 0 Å². The van der Waals surface area contributed by atoms with Crippen molar-refractivity contribution in [3.05, 3.63) is 54.1 Å². The zero-order valence-electron chi connectivity index (χ0n) is 11.2. The van der Waals surface area contributed by atoms with Crippen LogP contribution in [0.4, 0.5) is 11.4 Å². The number of para-hydroxylation sites is 1. The highest BCUT2D eigenvalue weighted by molar-refractivity contribution is 7.89. The van der Waals surface area contributed by atoms with Crippen LogP contribution in [0.5, 0.6) is 0 Å². The van der Waals surface area contributed by atoms with Crippen LogP contribution in [0.25, 0.3) is 0 Å². The summed E-state index contributed by atoms with van der Waals surface area (Å²) in [5.41, 5.74) is 7.98. The van der Waals surface area contributed by atoms with Crippen molar-refractivity contribution in [2.24, 2.45) is 5.14 Å². The molecule has 4 N–H and O–H groups in total. The third-order valence-corrected chi connectivity index (χ3v) is 3.91. The summed E-state index contributed by atoms with van der Waals surface area (Å²) >= 11 is 0. The highest BCUT2D eigenvalue weighted by atomic mass is 32.2. The molecule has 5 nitrogen and oxygen atoms in total. The van der Waals surface area contributed by atoms with Gasteiger partial charge in [0, 0.05) is 19.3 Å². The van der Waals surface area contributed by atoms with Crippen LogP contribution in [0, 0.1) is 0 Å². The smallest absolute Gasteiger partial charge is 0.240 e. The van der Waals surface area contributed by atoms with Crippen LogP contribution >= 0.6 is 0 Å². The van der Waals surface area contributed by atoms with E-state index in [0.29, 0.717) is 17.9 Å². The topological polar surface area (TPSA) is 89.4 Å². The molecular formula is C14H17N3O2S. The molecule has 0 fully saturated rings. The Morgan fingerprint density at radius 1 is 1.10 bits per heavy atom. The molecule has 0 heterocycles. The van der Waals surface area contributed by atoms with Crippen molar-refractivity contribution in [3.8, 4) is 0 Å². The quantitative estimate of drug-likeness (QED) is 0.836. The van der Waals surface area contributed by atoms with E-state index in [1.165, 1.54) is 6.07 Å². The van der Waals surface area contributed by atoms with E-state index in [1.807, 2.05) is 36.2 Å². The second-order valence-electron chi connectivity index (χ2n) is 4.61. The molecule has 0 aliphatic rings. The molecule has 0 bridgehead atoms. The van der Waals surface area contributed by atoms with Crippen LogP contribution in [-0.4, -0.2) is 15.5 Å². The highest BCUT2D eigenvalue weighted by Gasteiger charge is 2.16. The van der Waals surface area contributed by atoms with Gasteiger partial charge in [0.25, 0.3) is 0 Å². The Morgan fingerprint density at radius 3 is 2.45 bits per heavy atom. The summed E-state index contributed by atoms with van der Waals surface area (Å²) in [5.74, 6) is 0. The van der Waals surface area contributed by atoms with E-state index in [2.05, 4.69) is 0 Å². The van der Waals surface area contributed by atoms with Gasteiger partial charge in [-0.05, 0) is 29.8 Å². The van der Waals surface area contributed by atoms with Gasteiger partial charge in [-0.25, -0.2) is 13.6 Å². The summed E-state index contributed by atoms with van der Waals surface area (Å²) in [7, 11) is -1.93. The van der Waals surface area contributed by atoms with Gasteiger partial charge in [-0.3, -0.25) is 0 Å². The number of nitrogens with two attached hydrogens (primary N) is 2. The fraction of sp³-hybridized carbons (Fsp3) is 0.143. The molecule has 0 aromatic heterocycles. The van der Waals surface area contributed by atoms with E-state index in [9.17, 15) is 8.42 Å². The summed E-state index contributed by atoms with van der Waals surface area (Å²) in [6.07, 6.45) is 0. The van der Waals surface area contributed by atoms with Crippen LogP contribution in [0.3, 0.4) is 0 Å². The minimum atomic E-state index is -3.75. The van der Waals surface area contributed by atoms with Crippen molar-refractivity contribution in [3.63, 3.8) is 0 Å². The number of sulfonamides is 1. The van der Waals surface area contributed by atoms with Crippen LogP contribution in [0.15, 0.2) is 53.4 Å². The van der Waals surface area contributed by atoms with Gasteiger partial charge in [0.1, 0.15) is 4.90 Å². The fourth-order valence-electron chi connectivity index (χ4n) is 2.06. The van der Waals surface area contributed by atoms with Gasteiger partial charge in [-0.1, -0.05) is 24.3 Å². The number of anilines is 2. The summed E-state index contributed by atoms with van der Waals surface area (Å²) < 4.78 is 23.2. The lowest BCUT2D eigenvalue weighted by atomic mass is 10.2. The van der Waals surface area contributed by atoms with Crippen LogP contribution < -0.4 is 15.8 Å². The number of rotatable bonds is 4. The molecule has 0 saturated heterocycles. The summed E-state index contributed by atoms with van der Waals surface area (Å²) in [6.45, 7) is 0.539. The Labute approximate surface area is 118 Å². The van der Waals surface area contributed by atoms with Gasteiger partial charge in [0.2, 0.25) is 10.0 Å². The van der Waals surface area contributed by atoms with E-state index >= 15 is 0 Å². The maximum Gasteiger partial charge on any atom is 0.240 e. The lowest BCUT2D eigenvalue weighted by molar-refractivity contribution is 0.597.